The molecule has 1 aromatic rings. The number of halogens is 3. The van der Waals surface area contributed by atoms with Gasteiger partial charge in [0.15, 0.2) is 0 Å². The first-order valence-corrected chi connectivity index (χ1v) is 6.09. The van der Waals surface area contributed by atoms with E-state index in [-0.39, 0.29) is 18.7 Å². The van der Waals surface area contributed by atoms with E-state index in [9.17, 15) is 18.0 Å². The summed E-state index contributed by atoms with van der Waals surface area (Å²) in [6, 6.07) is 4.01. The summed E-state index contributed by atoms with van der Waals surface area (Å²) in [5.41, 5.74) is -0.154. The second-order valence-corrected chi connectivity index (χ2v) is 4.06. The molecule has 0 saturated carbocycles. The summed E-state index contributed by atoms with van der Waals surface area (Å²) in [5.74, 6) is -0.478. The maximum atomic E-state index is 12.7. The van der Waals surface area contributed by atoms with E-state index in [2.05, 4.69) is 10.1 Å². The maximum Gasteiger partial charge on any atom is 0.416 e. The highest BCUT2D eigenvalue weighted by molar-refractivity contribution is 5.81. The van der Waals surface area contributed by atoms with Crippen molar-refractivity contribution in [3.05, 3.63) is 41.5 Å². The molecule has 0 aliphatic carbocycles. The molecule has 0 amide bonds. The fraction of sp³-hybridized carbons (Fsp3) is 0.357. The van der Waals surface area contributed by atoms with E-state index in [4.69, 9.17) is 0 Å². The molecular formula is C14H16F3NO2. The Balaban J connectivity index is 2.64. The molecule has 1 rings (SSSR count). The zero-order valence-electron chi connectivity index (χ0n) is 11.3. The minimum atomic E-state index is -4.37. The number of hydrogen-bond donors (Lipinski definition) is 1. The van der Waals surface area contributed by atoms with Crippen molar-refractivity contribution in [1.29, 1.82) is 0 Å². The number of ether oxygens (including phenoxy) is 1. The van der Waals surface area contributed by atoms with Crippen LogP contribution in [0.2, 0.25) is 0 Å². The average Bonchev–Trinajstić information content (AvgIpc) is 2.35. The molecule has 0 atom stereocenters. The molecular weight excluding hydrogens is 271 g/mol. The summed E-state index contributed by atoms with van der Waals surface area (Å²) < 4.78 is 42.8. The van der Waals surface area contributed by atoms with Crippen LogP contribution in [-0.2, 0) is 15.7 Å². The van der Waals surface area contributed by atoms with Crippen LogP contribution in [0.4, 0.5) is 18.9 Å². The van der Waals surface area contributed by atoms with Gasteiger partial charge in [0.1, 0.15) is 0 Å². The topological polar surface area (TPSA) is 38.3 Å². The van der Waals surface area contributed by atoms with Crippen molar-refractivity contribution in [2.24, 2.45) is 0 Å². The van der Waals surface area contributed by atoms with Crippen molar-refractivity contribution in [3.63, 3.8) is 0 Å². The van der Waals surface area contributed by atoms with Crippen LogP contribution >= 0.6 is 0 Å². The number of benzene rings is 1. The summed E-state index contributed by atoms with van der Waals surface area (Å²) in [5, 5.41) is 2.79. The van der Waals surface area contributed by atoms with E-state index in [0.717, 1.165) is 6.07 Å². The monoisotopic (exact) mass is 287 g/mol. The third-order valence-corrected chi connectivity index (χ3v) is 2.51. The Labute approximate surface area is 115 Å². The number of nitrogens with one attached hydrogen (secondary N) is 1. The first-order valence-electron chi connectivity index (χ1n) is 6.09. The van der Waals surface area contributed by atoms with Gasteiger partial charge in [-0.15, -0.1) is 0 Å². The van der Waals surface area contributed by atoms with Gasteiger partial charge in [0, 0.05) is 18.3 Å². The smallest absolute Gasteiger partial charge is 0.416 e. The molecule has 0 unspecified atom stereocenters. The van der Waals surface area contributed by atoms with Crippen molar-refractivity contribution in [3.8, 4) is 0 Å². The Morgan fingerprint density at radius 2 is 2.10 bits per heavy atom. The first-order chi connectivity index (χ1) is 9.34. The number of anilines is 1. The van der Waals surface area contributed by atoms with Gasteiger partial charge in [0.05, 0.1) is 12.2 Å². The second kappa shape index (κ2) is 6.98. The van der Waals surface area contributed by atoms with Crippen molar-refractivity contribution >= 4 is 11.7 Å². The van der Waals surface area contributed by atoms with E-state index in [0.29, 0.717) is 5.69 Å². The fourth-order valence-corrected chi connectivity index (χ4v) is 1.56. The van der Waals surface area contributed by atoms with E-state index in [1.165, 1.54) is 25.1 Å². The number of esters is 1. The molecule has 0 saturated heterocycles. The molecule has 110 valence electrons. The predicted octanol–water partition coefficient (Wildman–Crippen LogP) is 3.55. The lowest BCUT2D eigenvalue weighted by Crippen LogP contribution is -2.09. The number of aryl methyl sites for hydroxylation is 1. The lowest BCUT2D eigenvalue weighted by Gasteiger charge is -2.12. The van der Waals surface area contributed by atoms with Gasteiger partial charge in [-0.1, -0.05) is 12.1 Å². The molecule has 20 heavy (non-hydrogen) atoms. The molecule has 0 aromatic heterocycles. The Kier molecular flexibility index (Phi) is 5.61. The molecule has 6 heteroatoms. The summed E-state index contributed by atoms with van der Waals surface area (Å²) in [6.45, 7) is 3.62. The molecule has 0 heterocycles. The van der Waals surface area contributed by atoms with Crippen LogP contribution in [0.5, 0.6) is 0 Å². The first kappa shape index (κ1) is 16.1. The molecule has 0 aliphatic heterocycles. The largest absolute Gasteiger partial charge is 0.463 e. The molecule has 0 radical (unpaired) electrons. The lowest BCUT2D eigenvalue weighted by molar-refractivity contribution is -0.138. The van der Waals surface area contributed by atoms with Gasteiger partial charge in [0.25, 0.3) is 0 Å². The third kappa shape index (κ3) is 4.95. The van der Waals surface area contributed by atoms with Crippen LogP contribution in [-0.4, -0.2) is 19.1 Å². The number of hydrogen-bond acceptors (Lipinski definition) is 3. The van der Waals surface area contributed by atoms with Crippen molar-refractivity contribution in [2.45, 2.75) is 20.0 Å². The zero-order valence-corrected chi connectivity index (χ0v) is 11.3. The Morgan fingerprint density at radius 3 is 2.70 bits per heavy atom. The zero-order chi connectivity index (χ0) is 15.2. The molecule has 3 nitrogen and oxygen atoms in total. The van der Waals surface area contributed by atoms with Gasteiger partial charge in [-0.3, -0.25) is 0 Å². The molecule has 0 spiro atoms. The van der Waals surface area contributed by atoms with Crippen LogP contribution in [0.1, 0.15) is 18.1 Å². The minimum Gasteiger partial charge on any atom is -0.463 e. The quantitative estimate of drug-likeness (QED) is 0.665. The third-order valence-electron chi connectivity index (χ3n) is 2.51. The summed E-state index contributed by atoms with van der Waals surface area (Å²) in [7, 11) is 0. The normalized spacial score (nSPS) is 11.7. The van der Waals surface area contributed by atoms with Crippen LogP contribution in [0.15, 0.2) is 30.4 Å². The minimum absolute atomic E-state index is 0.171. The van der Waals surface area contributed by atoms with Crippen molar-refractivity contribution in [2.75, 3.05) is 18.5 Å². The molecule has 0 aliphatic rings. The Bertz CT molecular complexity index is 496. The van der Waals surface area contributed by atoms with Crippen LogP contribution in [0.3, 0.4) is 0 Å². The maximum absolute atomic E-state index is 12.7. The van der Waals surface area contributed by atoms with Gasteiger partial charge in [-0.2, -0.15) is 13.2 Å². The molecule has 0 fully saturated rings. The van der Waals surface area contributed by atoms with Crippen LogP contribution < -0.4 is 5.32 Å². The van der Waals surface area contributed by atoms with Crippen LogP contribution in [0.25, 0.3) is 0 Å². The molecule has 1 N–H and O–H groups in total. The fourth-order valence-electron chi connectivity index (χ4n) is 1.56. The van der Waals surface area contributed by atoms with Gasteiger partial charge < -0.3 is 10.1 Å². The molecule has 1 aromatic carbocycles. The summed E-state index contributed by atoms with van der Waals surface area (Å²) in [6.07, 6.45) is -1.65. The molecule has 0 bridgehead atoms. The highest BCUT2D eigenvalue weighted by atomic mass is 19.4. The SMILES string of the molecule is CCOC(=O)/C=C/CNc1ccc(C)c(C(F)(F)F)c1. The lowest BCUT2D eigenvalue weighted by atomic mass is 10.1. The van der Waals surface area contributed by atoms with Gasteiger partial charge in [-0.25, -0.2) is 4.79 Å². The van der Waals surface area contributed by atoms with Gasteiger partial charge >= 0.3 is 12.1 Å². The Hall–Kier alpha value is -1.98. The van der Waals surface area contributed by atoms with E-state index in [1.807, 2.05) is 0 Å². The number of carbonyl (C=O) groups excluding carboxylic acids is 1. The van der Waals surface area contributed by atoms with E-state index >= 15 is 0 Å². The van der Waals surface area contributed by atoms with Gasteiger partial charge in [0.2, 0.25) is 0 Å². The number of carbonyl (C=O) groups is 1. The highest BCUT2D eigenvalue weighted by Gasteiger charge is 2.32. The average molecular weight is 287 g/mol. The summed E-state index contributed by atoms with van der Waals surface area (Å²) >= 11 is 0. The van der Waals surface area contributed by atoms with Crippen LogP contribution in [0, 0.1) is 6.92 Å². The Morgan fingerprint density at radius 1 is 1.40 bits per heavy atom. The number of rotatable bonds is 5. The highest BCUT2D eigenvalue weighted by Crippen LogP contribution is 2.33. The number of alkyl halides is 3. The van der Waals surface area contributed by atoms with Crippen molar-refractivity contribution in [1.82, 2.24) is 0 Å². The summed E-state index contributed by atoms with van der Waals surface area (Å²) in [4.78, 5) is 11.0. The predicted molar refractivity (Wildman–Crippen MR) is 70.4 cm³/mol. The van der Waals surface area contributed by atoms with Crippen molar-refractivity contribution < 1.29 is 22.7 Å². The second-order valence-electron chi connectivity index (χ2n) is 4.06. The van der Waals surface area contributed by atoms with Gasteiger partial charge in [-0.05, 0) is 31.5 Å². The van der Waals surface area contributed by atoms with E-state index in [1.54, 1.807) is 13.0 Å². The standard InChI is InChI=1S/C14H16F3NO2/c1-3-20-13(19)5-4-8-18-11-7-6-10(2)12(9-11)14(15,16)17/h4-7,9,18H,3,8H2,1-2H3/b5-4+. The van der Waals surface area contributed by atoms with E-state index < -0.39 is 17.7 Å².